The molecule has 0 aliphatic rings. The lowest BCUT2D eigenvalue weighted by molar-refractivity contribution is -0.383. The van der Waals surface area contributed by atoms with Crippen LogP contribution in [0.2, 0.25) is 0 Å². The van der Waals surface area contributed by atoms with E-state index in [1.165, 1.54) is 18.6 Å². The number of aromatic hydroxyl groups is 1. The molecule has 0 bridgehead atoms. The predicted octanol–water partition coefficient (Wildman–Crippen LogP) is 2.32. The van der Waals surface area contributed by atoms with Gasteiger partial charge in [0.1, 0.15) is 12.1 Å². The number of non-ortho nitro benzene ring substituents is 1. The number of hydrogen-bond acceptors (Lipinski definition) is 6. The second-order valence-electron chi connectivity index (χ2n) is 4.20. The molecule has 21 heavy (non-hydrogen) atoms. The highest BCUT2D eigenvalue weighted by Crippen LogP contribution is 2.34. The van der Waals surface area contributed by atoms with Crippen LogP contribution in [0.5, 0.6) is 5.75 Å². The Morgan fingerprint density at radius 2 is 2.10 bits per heavy atom. The molecule has 3 aromatic rings. The van der Waals surface area contributed by atoms with Gasteiger partial charge in [0.2, 0.25) is 5.95 Å². The molecule has 0 unspecified atom stereocenters. The van der Waals surface area contributed by atoms with Gasteiger partial charge in [-0.25, -0.2) is 10.1 Å². The van der Waals surface area contributed by atoms with Crippen LogP contribution in [0.25, 0.3) is 10.8 Å². The third kappa shape index (κ3) is 2.29. The van der Waals surface area contributed by atoms with Gasteiger partial charge in [0.15, 0.2) is 0 Å². The number of aromatic amines is 1. The lowest BCUT2D eigenvalue weighted by Crippen LogP contribution is -1.93. The average Bonchev–Trinajstić information content (AvgIpc) is 3.00. The van der Waals surface area contributed by atoms with Crippen molar-refractivity contribution in [2.75, 3.05) is 0 Å². The van der Waals surface area contributed by atoms with Gasteiger partial charge in [-0.15, -0.1) is 0 Å². The van der Waals surface area contributed by atoms with E-state index in [9.17, 15) is 15.2 Å². The number of aromatic nitrogens is 3. The number of fused-ring (bicyclic) bond motifs is 1. The molecule has 104 valence electrons. The fraction of sp³-hybridized carbons (Fsp3) is 0. The quantitative estimate of drug-likeness (QED) is 0.434. The summed E-state index contributed by atoms with van der Waals surface area (Å²) in [5.74, 6) is 0.171. The smallest absolute Gasteiger partial charge is 0.278 e. The standard InChI is InChI=1S/C13H9N5O3/c19-12-8(6-14-13-15-7-16-17-13)5-11(18(20)21)9-3-1-2-4-10(9)12/h1-7,19H,(H,15,16,17). The highest BCUT2D eigenvalue weighted by atomic mass is 16.6. The number of nitrogens with zero attached hydrogens (tertiary/aromatic N) is 4. The molecule has 0 fully saturated rings. The van der Waals surface area contributed by atoms with Crippen LogP contribution in [0, 0.1) is 10.1 Å². The molecule has 0 radical (unpaired) electrons. The first-order chi connectivity index (χ1) is 10.2. The summed E-state index contributed by atoms with van der Waals surface area (Å²) in [5, 5.41) is 28.3. The van der Waals surface area contributed by atoms with E-state index in [1.54, 1.807) is 24.3 Å². The maximum absolute atomic E-state index is 11.2. The van der Waals surface area contributed by atoms with Crippen molar-refractivity contribution >= 4 is 28.6 Å². The fourth-order valence-electron chi connectivity index (χ4n) is 2.00. The van der Waals surface area contributed by atoms with Gasteiger partial charge in [-0.2, -0.15) is 10.1 Å². The Labute approximate surface area is 117 Å². The number of aliphatic imine (C=N–C) groups is 1. The van der Waals surface area contributed by atoms with Crippen LogP contribution in [0.1, 0.15) is 5.56 Å². The lowest BCUT2D eigenvalue weighted by atomic mass is 10.0. The number of phenols is 1. The minimum atomic E-state index is -0.492. The first kappa shape index (κ1) is 12.7. The van der Waals surface area contributed by atoms with Crippen molar-refractivity contribution in [3.05, 3.63) is 52.3 Å². The van der Waals surface area contributed by atoms with Gasteiger partial charge >= 0.3 is 0 Å². The zero-order chi connectivity index (χ0) is 14.8. The van der Waals surface area contributed by atoms with Crippen molar-refractivity contribution in [3.63, 3.8) is 0 Å². The largest absolute Gasteiger partial charge is 0.507 e. The Morgan fingerprint density at radius 3 is 2.76 bits per heavy atom. The summed E-state index contributed by atoms with van der Waals surface area (Å²) < 4.78 is 0. The molecule has 0 saturated heterocycles. The Kier molecular flexibility index (Phi) is 3.03. The van der Waals surface area contributed by atoms with E-state index in [0.717, 1.165) is 0 Å². The Hall–Kier alpha value is -3.29. The summed E-state index contributed by atoms with van der Waals surface area (Å²) in [4.78, 5) is 18.4. The van der Waals surface area contributed by atoms with Crippen molar-refractivity contribution in [1.29, 1.82) is 0 Å². The summed E-state index contributed by atoms with van der Waals surface area (Å²) in [6.07, 6.45) is 2.59. The molecule has 0 spiro atoms. The second kappa shape index (κ2) is 5.00. The summed E-state index contributed by atoms with van der Waals surface area (Å²) >= 11 is 0. The summed E-state index contributed by atoms with van der Waals surface area (Å²) in [6.45, 7) is 0. The molecule has 0 aliphatic heterocycles. The highest BCUT2D eigenvalue weighted by molar-refractivity contribution is 6.02. The molecule has 2 aromatic carbocycles. The Balaban J connectivity index is 2.19. The second-order valence-corrected chi connectivity index (χ2v) is 4.20. The molecular formula is C13H9N5O3. The van der Waals surface area contributed by atoms with Gasteiger partial charge < -0.3 is 5.11 Å². The van der Waals surface area contributed by atoms with Crippen LogP contribution in [0.4, 0.5) is 11.6 Å². The molecule has 8 nitrogen and oxygen atoms in total. The van der Waals surface area contributed by atoms with Gasteiger partial charge in [0, 0.05) is 23.2 Å². The normalized spacial score (nSPS) is 11.2. The predicted molar refractivity (Wildman–Crippen MR) is 75.9 cm³/mol. The summed E-state index contributed by atoms with van der Waals surface area (Å²) in [7, 11) is 0. The summed E-state index contributed by atoms with van der Waals surface area (Å²) in [6, 6.07) is 7.85. The number of nitrogens with one attached hydrogen (secondary N) is 1. The van der Waals surface area contributed by atoms with E-state index in [0.29, 0.717) is 10.8 Å². The van der Waals surface area contributed by atoms with Crippen molar-refractivity contribution in [2.45, 2.75) is 0 Å². The Bertz CT molecular complexity index is 842. The van der Waals surface area contributed by atoms with Crippen LogP contribution >= 0.6 is 0 Å². The van der Waals surface area contributed by atoms with E-state index in [1.807, 2.05) is 0 Å². The topological polar surface area (TPSA) is 117 Å². The molecule has 0 atom stereocenters. The van der Waals surface area contributed by atoms with Crippen LogP contribution in [0.3, 0.4) is 0 Å². The number of nitro benzene ring substituents is 1. The number of nitro groups is 1. The first-order valence-electron chi connectivity index (χ1n) is 5.95. The number of rotatable bonds is 3. The van der Waals surface area contributed by atoms with Gasteiger partial charge in [-0.3, -0.25) is 10.1 Å². The maximum atomic E-state index is 11.2. The van der Waals surface area contributed by atoms with Crippen molar-refractivity contribution in [1.82, 2.24) is 15.2 Å². The maximum Gasteiger partial charge on any atom is 0.278 e. The molecule has 0 amide bonds. The minimum Gasteiger partial charge on any atom is -0.507 e. The molecule has 3 rings (SSSR count). The molecular weight excluding hydrogens is 274 g/mol. The average molecular weight is 283 g/mol. The van der Waals surface area contributed by atoms with E-state index >= 15 is 0 Å². The molecule has 2 N–H and O–H groups in total. The number of hydrogen-bond donors (Lipinski definition) is 2. The molecule has 1 heterocycles. The number of H-pyrrole nitrogens is 1. The van der Waals surface area contributed by atoms with Crippen molar-refractivity contribution < 1.29 is 10.0 Å². The van der Waals surface area contributed by atoms with E-state index in [2.05, 4.69) is 20.2 Å². The molecule has 0 saturated carbocycles. The molecule has 8 heteroatoms. The highest BCUT2D eigenvalue weighted by Gasteiger charge is 2.17. The fourth-order valence-corrected chi connectivity index (χ4v) is 2.00. The zero-order valence-electron chi connectivity index (χ0n) is 10.6. The van der Waals surface area contributed by atoms with E-state index in [-0.39, 0.29) is 22.9 Å². The van der Waals surface area contributed by atoms with Crippen molar-refractivity contribution in [3.8, 4) is 5.75 Å². The monoisotopic (exact) mass is 283 g/mol. The van der Waals surface area contributed by atoms with Gasteiger partial charge in [-0.1, -0.05) is 18.2 Å². The van der Waals surface area contributed by atoms with Crippen molar-refractivity contribution in [2.24, 2.45) is 4.99 Å². The first-order valence-corrected chi connectivity index (χ1v) is 5.95. The van der Waals surface area contributed by atoms with Crippen LogP contribution in [0.15, 0.2) is 41.7 Å². The van der Waals surface area contributed by atoms with E-state index < -0.39 is 4.92 Å². The molecule has 0 aliphatic carbocycles. The number of benzene rings is 2. The third-order valence-electron chi connectivity index (χ3n) is 2.95. The minimum absolute atomic E-state index is 0.0699. The summed E-state index contributed by atoms with van der Waals surface area (Å²) in [5.41, 5.74) is 0.138. The van der Waals surface area contributed by atoms with Gasteiger partial charge in [0.05, 0.1) is 10.3 Å². The van der Waals surface area contributed by atoms with Crippen LogP contribution in [-0.2, 0) is 0 Å². The van der Waals surface area contributed by atoms with E-state index in [4.69, 9.17) is 0 Å². The SMILES string of the molecule is O=[N+]([O-])c1cc(C=Nc2ncn[nH]2)c(O)c2ccccc12. The molecule has 1 aromatic heterocycles. The van der Waals surface area contributed by atoms with Crippen LogP contribution in [-0.4, -0.2) is 31.4 Å². The van der Waals surface area contributed by atoms with Gasteiger partial charge in [0.25, 0.3) is 5.69 Å². The Morgan fingerprint density at radius 1 is 1.33 bits per heavy atom. The number of phenolic OH excluding ortho intramolecular Hbond substituents is 1. The lowest BCUT2D eigenvalue weighted by Gasteiger charge is -2.05. The third-order valence-corrected chi connectivity index (χ3v) is 2.95. The van der Waals surface area contributed by atoms with Gasteiger partial charge in [-0.05, 0) is 6.07 Å². The van der Waals surface area contributed by atoms with Crippen LogP contribution < -0.4 is 0 Å². The zero-order valence-corrected chi connectivity index (χ0v) is 10.6.